The first kappa shape index (κ1) is 84.9. The molecular formula is C128H87N12OP. The summed E-state index contributed by atoms with van der Waals surface area (Å²) in [6.07, 6.45) is 10.5. The summed E-state index contributed by atoms with van der Waals surface area (Å²) in [5, 5.41) is 37.9. The number of aromatic nitrogens is 12. The lowest BCUT2D eigenvalue weighted by Gasteiger charge is -2.20. The molecule has 0 aliphatic rings. The normalized spacial score (nSPS) is 11.5. The summed E-state index contributed by atoms with van der Waals surface area (Å²) in [4.78, 5) is 5.00. The van der Waals surface area contributed by atoms with Gasteiger partial charge in [0, 0.05) is 124 Å². The Morgan fingerprint density at radius 1 is 0.190 bits per heavy atom. The molecule has 17 aromatic carbocycles. The minimum absolute atomic E-state index is 0.752. The number of nitrogens with zero attached hydrogens (tertiary/aromatic N) is 12. The molecule has 13 nitrogen and oxygen atoms in total. The highest BCUT2D eigenvalue weighted by molar-refractivity contribution is 7.86. The Bertz CT molecular complexity index is 9510. The van der Waals surface area contributed by atoms with Crippen molar-refractivity contribution in [3.63, 3.8) is 0 Å². The van der Waals surface area contributed by atoms with Gasteiger partial charge in [-0.2, -0.15) is 25.5 Å². The molecular weight excluding hydrogens is 1750 g/mol. The summed E-state index contributed by atoms with van der Waals surface area (Å²) < 4.78 is 27.6. The lowest BCUT2D eigenvalue weighted by atomic mass is 9.91. The summed E-state index contributed by atoms with van der Waals surface area (Å²) in [5.74, 6) is 0.932. The van der Waals surface area contributed by atoms with Crippen LogP contribution < -0.4 is 15.9 Å². The van der Waals surface area contributed by atoms with E-state index in [-0.39, 0.29) is 0 Å². The first-order valence-electron chi connectivity index (χ1n) is 47.6. The third-order valence-corrected chi connectivity index (χ3v) is 29.9. The Morgan fingerprint density at radius 2 is 0.500 bits per heavy atom. The number of benzene rings is 17. The van der Waals surface area contributed by atoms with Gasteiger partial charge in [0.1, 0.15) is 28.6 Å². The van der Waals surface area contributed by atoms with Crippen molar-refractivity contribution in [3.8, 4) is 118 Å². The molecule has 0 N–H and O–H groups in total. The number of para-hydroxylation sites is 2. The first-order chi connectivity index (χ1) is 70.3. The fourth-order valence-electron chi connectivity index (χ4n) is 20.0. The van der Waals surface area contributed by atoms with E-state index in [0.717, 1.165) is 172 Å². The van der Waals surface area contributed by atoms with Crippen LogP contribution in [0.5, 0.6) is 0 Å². The average molecular weight is 1840 g/mol. The summed E-state index contributed by atoms with van der Waals surface area (Å²) in [6.45, 7) is 0. The highest BCUT2D eigenvalue weighted by Crippen LogP contribution is 2.49. The minimum atomic E-state index is -3.24. The van der Waals surface area contributed by atoms with Gasteiger partial charge in [-0.3, -0.25) is 4.57 Å². The van der Waals surface area contributed by atoms with Crippen molar-refractivity contribution in [1.82, 2.24) is 57.6 Å². The van der Waals surface area contributed by atoms with E-state index in [1.54, 1.807) is 0 Å². The number of pyridine rings is 5. The SMILES string of the molecule is O=P(c1ccccc1)(c1ccccc1)c1c(-c2ccccc2)nn2cc3ccccc3cc12.c1ccc(-c2cc(-c3ccccc3)cc(-c3c(-c4ccccc4)nn4cc5ccccc5cc34)c2)cc1.c1ccc(-c2nn3cc4ccccc4cc3c2-c2ccc(-n3c(-c4ccccc4)nc4ccccc43)cc2)cc1.c1ccc(-c2nn3cc4ccccc4cc3c2-c2ccc3c4ccccc4nn3c2)cc1. The lowest BCUT2D eigenvalue weighted by Crippen LogP contribution is -2.26. The van der Waals surface area contributed by atoms with E-state index in [4.69, 9.17) is 30.5 Å². The van der Waals surface area contributed by atoms with E-state index in [0.29, 0.717) is 0 Å². The van der Waals surface area contributed by atoms with Gasteiger partial charge in [0.15, 0.2) is 7.14 Å². The predicted octanol–water partition coefficient (Wildman–Crippen LogP) is 30.4. The van der Waals surface area contributed by atoms with Gasteiger partial charge in [0.05, 0.1) is 49.4 Å². The molecule has 11 heterocycles. The van der Waals surface area contributed by atoms with Crippen molar-refractivity contribution in [2.45, 2.75) is 0 Å². The number of imidazole rings is 1. The van der Waals surface area contributed by atoms with E-state index in [1.165, 1.54) is 54.6 Å². The van der Waals surface area contributed by atoms with Gasteiger partial charge in [0.25, 0.3) is 0 Å². The van der Waals surface area contributed by atoms with Crippen LogP contribution in [0, 0.1) is 0 Å². The van der Waals surface area contributed by atoms with E-state index >= 15 is 4.57 Å². The number of hydrogen-bond donors (Lipinski definition) is 0. The molecule has 0 atom stereocenters. The standard InChI is InChI=1S/C36H24N4.C35H24N2.C29H21N2OP.C28H18N4/c1-3-11-26(12-4-1)35-34(33-23-28-15-7-8-16-29(28)24-39(33)38-35)25-19-21-30(22-20-25)40-32-18-10-9-17-31(32)37-36(40)27-13-5-2-6-14-27;1-4-12-25(13-5-1)30-20-31(26-14-6-2-7-15-26)22-32(21-30)34-33-23-28-18-10-11-19-29(28)24-37(33)36-35(34)27-16-8-3-9-17-27;32-33(25-16-6-2-7-17-25,26-18-8-3-9-19-26)29-27-20-23-14-10-11-15-24(23)21-31(27)30-28(29)22-12-4-1-5-13-22;1-2-8-19(9-3-1)28-27(26-16-20-10-4-5-11-21(20)17-32(26)30-28)22-14-15-25-23-12-6-7-13-24(23)29-31(25)18-22/h1-24H;1-24H;1-21H;1-18H. The van der Waals surface area contributed by atoms with Crippen LogP contribution >= 0.6 is 7.14 Å². The van der Waals surface area contributed by atoms with Crippen molar-refractivity contribution in [1.29, 1.82) is 0 Å². The quantitative estimate of drug-likeness (QED) is 0.0994. The van der Waals surface area contributed by atoms with Gasteiger partial charge in [-0.25, -0.2) is 27.6 Å². The summed E-state index contributed by atoms with van der Waals surface area (Å²) in [7, 11) is -3.24. The second-order valence-electron chi connectivity index (χ2n) is 35.5. The van der Waals surface area contributed by atoms with E-state index in [1.807, 2.05) is 162 Å². The first-order valence-corrected chi connectivity index (χ1v) is 49.3. The highest BCUT2D eigenvalue weighted by Gasteiger charge is 2.37. The Hall–Kier alpha value is -18.8. The van der Waals surface area contributed by atoms with Gasteiger partial charge in [-0.1, -0.05) is 419 Å². The average Bonchev–Trinajstić information content (AvgIpc) is 1.53. The number of hydrogen-bond acceptors (Lipinski definition) is 7. The largest absolute Gasteiger partial charge is 0.308 e. The van der Waals surface area contributed by atoms with Gasteiger partial charge in [0.2, 0.25) is 0 Å². The summed E-state index contributed by atoms with van der Waals surface area (Å²) in [6, 6.07) is 172. The van der Waals surface area contributed by atoms with Crippen LogP contribution in [0.4, 0.5) is 0 Å². The maximum Gasteiger partial charge on any atom is 0.175 e. The number of rotatable bonds is 14. The van der Waals surface area contributed by atoms with E-state index < -0.39 is 7.14 Å². The Kier molecular flexibility index (Phi) is 21.9. The molecule has 0 aliphatic carbocycles. The molecule has 0 fully saturated rings. The molecule has 28 aromatic rings. The molecule has 670 valence electrons. The molecule has 142 heavy (non-hydrogen) atoms. The van der Waals surface area contributed by atoms with Crippen LogP contribution in [0.3, 0.4) is 0 Å². The van der Waals surface area contributed by atoms with Crippen LogP contribution in [0.2, 0.25) is 0 Å². The number of fused-ring (bicyclic) bond motifs is 12. The van der Waals surface area contributed by atoms with Crippen LogP contribution in [0.25, 0.3) is 210 Å². The second kappa shape index (κ2) is 36.7. The smallest absolute Gasteiger partial charge is 0.175 e. The van der Waals surface area contributed by atoms with Crippen LogP contribution in [0.1, 0.15) is 0 Å². The van der Waals surface area contributed by atoms with Gasteiger partial charge < -0.3 is 4.57 Å². The van der Waals surface area contributed by atoms with Crippen molar-refractivity contribution < 1.29 is 4.57 Å². The Balaban J connectivity index is 0.0000000999. The van der Waals surface area contributed by atoms with E-state index in [9.17, 15) is 0 Å². The second-order valence-corrected chi connectivity index (χ2v) is 38.2. The monoisotopic (exact) mass is 1840 g/mol. The molecule has 0 bridgehead atoms. The molecule has 0 radical (unpaired) electrons. The lowest BCUT2D eigenvalue weighted by molar-refractivity contribution is 0.592. The predicted molar refractivity (Wildman–Crippen MR) is 585 cm³/mol. The fourth-order valence-corrected chi connectivity index (χ4v) is 22.9. The minimum Gasteiger partial charge on any atom is -0.308 e. The molecule has 28 rings (SSSR count). The zero-order chi connectivity index (χ0) is 94.4. The fraction of sp³-hybridized carbons (Fsp3) is 0. The van der Waals surface area contributed by atoms with Crippen LogP contribution in [-0.2, 0) is 4.57 Å². The van der Waals surface area contributed by atoms with Crippen molar-refractivity contribution >= 4 is 116 Å². The molecule has 0 unspecified atom stereocenters. The molecule has 0 amide bonds. The van der Waals surface area contributed by atoms with Crippen LogP contribution in [0.15, 0.2) is 528 Å². The third-order valence-electron chi connectivity index (χ3n) is 26.8. The molecule has 0 saturated heterocycles. The van der Waals surface area contributed by atoms with Gasteiger partial charge >= 0.3 is 0 Å². The highest BCUT2D eigenvalue weighted by atomic mass is 31.2. The third kappa shape index (κ3) is 15.9. The van der Waals surface area contributed by atoms with Crippen molar-refractivity contribution in [3.05, 3.63) is 528 Å². The van der Waals surface area contributed by atoms with Crippen molar-refractivity contribution in [2.75, 3.05) is 0 Å². The molecule has 0 saturated carbocycles. The molecule has 14 heteroatoms. The van der Waals surface area contributed by atoms with Crippen molar-refractivity contribution in [2.24, 2.45) is 0 Å². The van der Waals surface area contributed by atoms with Gasteiger partial charge in [-0.05, 0) is 134 Å². The molecule has 11 aromatic heterocycles. The van der Waals surface area contributed by atoms with Gasteiger partial charge in [-0.15, -0.1) is 0 Å². The van der Waals surface area contributed by atoms with Crippen LogP contribution in [-0.4, -0.2) is 57.6 Å². The zero-order valence-corrected chi connectivity index (χ0v) is 77.8. The topological polar surface area (TPSA) is 121 Å². The zero-order valence-electron chi connectivity index (χ0n) is 77.0. The summed E-state index contributed by atoms with van der Waals surface area (Å²) >= 11 is 0. The Morgan fingerprint density at radius 3 is 0.937 bits per heavy atom. The summed E-state index contributed by atoms with van der Waals surface area (Å²) in [5.41, 5.74) is 29.9. The maximum atomic E-state index is 15.4. The van der Waals surface area contributed by atoms with E-state index in [2.05, 4.69) is 393 Å². The Labute approximate surface area is 818 Å². The maximum absolute atomic E-state index is 15.4. The molecule has 0 aliphatic heterocycles. The molecule has 0 spiro atoms.